The third kappa shape index (κ3) is 4.87. The van der Waals surface area contributed by atoms with Gasteiger partial charge in [0.25, 0.3) is 5.91 Å². The lowest BCUT2D eigenvalue weighted by Gasteiger charge is -2.22. The number of carbonyl (C=O) groups is 2. The summed E-state index contributed by atoms with van der Waals surface area (Å²) >= 11 is 0. The molecule has 1 saturated heterocycles. The van der Waals surface area contributed by atoms with Crippen LogP contribution in [0.5, 0.6) is 0 Å². The van der Waals surface area contributed by atoms with Crippen LogP contribution in [0.1, 0.15) is 42.6 Å². The van der Waals surface area contributed by atoms with Crippen molar-refractivity contribution in [3.05, 3.63) is 47.9 Å². The van der Waals surface area contributed by atoms with Crippen molar-refractivity contribution in [3.8, 4) is 0 Å². The first kappa shape index (κ1) is 20.5. The minimum Gasteiger partial charge on any atom is -0.337 e. The molecule has 0 bridgehead atoms. The molecule has 30 heavy (non-hydrogen) atoms. The number of halogens is 1. The van der Waals surface area contributed by atoms with E-state index in [9.17, 15) is 14.0 Å². The van der Waals surface area contributed by atoms with Crippen molar-refractivity contribution in [1.29, 1.82) is 0 Å². The number of aromatic nitrogens is 2. The smallest absolute Gasteiger partial charge is 0.253 e. The number of hydrogen-bond acceptors (Lipinski definition) is 4. The van der Waals surface area contributed by atoms with Gasteiger partial charge in [-0.25, -0.2) is 9.07 Å². The Morgan fingerprint density at radius 2 is 1.90 bits per heavy atom. The second kappa shape index (κ2) is 8.95. The summed E-state index contributed by atoms with van der Waals surface area (Å²) in [6.45, 7) is 4.96. The molecule has 1 saturated carbocycles. The summed E-state index contributed by atoms with van der Waals surface area (Å²) in [6, 6.07) is 7.76. The van der Waals surface area contributed by atoms with Crippen LogP contribution in [0.2, 0.25) is 0 Å². The maximum atomic E-state index is 13.1. The lowest BCUT2D eigenvalue weighted by molar-refractivity contribution is -0.117. The normalized spacial score (nSPS) is 18.7. The Kier molecular flexibility index (Phi) is 6.13. The molecule has 1 unspecified atom stereocenters. The second-order valence-corrected chi connectivity index (χ2v) is 8.22. The Bertz CT molecular complexity index is 893. The number of nitrogens with zero attached hydrogens (tertiary/aromatic N) is 4. The first-order chi connectivity index (χ1) is 14.5. The van der Waals surface area contributed by atoms with Crippen molar-refractivity contribution in [2.24, 2.45) is 5.92 Å². The Labute approximate surface area is 175 Å². The van der Waals surface area contributed by atoms with Crippen LogP contribution in [0.15, 0.2) is 36.5 Å². The third-order valence-corrected chi connectivity index (χ3v) is 5.96. The predicted octanol–water partition coefficient (Wildman–Crippen LogP) is 2.78. The van der Waals surface area contributed by atoms with Gasteiger partial charge >= 0.3 is 0 Å². The van der Waals surface area contributed by atoms with Gasteiger partial charge in [-0.15, -0.1) is 0 Å². The first-order valence-corrected chi connectivity index (χ1v) is 10.6. The minimum absolute atomic E-state index is 0.0712. The van der Waals surface area contributed by atoms with Gasteiger partial charge in [-0.05, 0) is 56.4 Å². The standard InChI is InChI=1S/C22H28FN5O2/c1-16(17-3-4-17)28-20(9-10-24-28)25-21(29)15-26-11-2-12-27(14-13-26)22(30)18-5-7-19(23)8-6-18/h5-10,16-17H,2-4,11-15H2,1H3,(H,25,29). The molecular weight excluding hydrogens is 385 g/mol. The zero-order chi connectivity index (χ0) is 21.1. The van der Waals surface area contributed by atoms with Crippen molar-refractivity contribution in [2.75, 3.05) is 38.0 Å². The van der Waals surface area contributed by atoms with Gasteiger partial charge in [0.1, 0.15) is 11.6 Å². The van der Waals surface area contributed by atoms with Crippen LogP contribution < -0.4 is 5.32 Å². The number of hydrogen-bond donors (Lipinski definition) is 1. The highest BCUT2D eigenvalue weighted by Gasteiger charge is 2.31. The highest BCUT2D eigenvalue weighted by molar-refractivity contribution is 5.94. The number of anilines is 1. The van der Waals surface area contributed by atoms with E-state index in [4.69, 9.17) is 0 Å². The highest BCUT2D eigenvalue weighted by atomic mass is 19.1. The zero-order valence-corrected chi connectivity index (χ0v) is 17.3. The summed E-state index contributed by atoms with van der Waals surface area (Å²) in [4.78, 5) is 29.1. The fraction of sp³-hybridized carbons (Fsp3) is 0.500. The van der Waals surface area contributed by atoms with Gasteiger partial charge in [0.2, 0.25) is 5.91 Å². The summed E-state index contributed by atoms with van der Waals surface area (Å²) in [5.74, 6) is 0.864. The fourth-order valence-electron chi connectivity index (χ4n) is 4.01. The van der Waals surface area contributed by atoms with E-state index in [1.807, 2.05) is 10.7 Å². The Morgan fingerprint density at radius 3 is 2.63 bits per heavy atom. The van der Waals surface area contributed by atoms with Crippen LogP contribution in [0.4, 0.5) is 10.2 Å². The number of benzene rings is 1. The van der Waals surface area contributed by atoms with E-state index >= 15 is 0 Å². The van der Waals surface area contributed by atoms with Crippen molar-refractivity contribution in [1.82, 2.24) is 19.6 Å². The van der Waals surface area contributed by atoms with Gasteiger partial charge in [0, 0.05) is 37.8 Å². The van der Waals surface area contributed by atoms with Crippen LogP contribution in [-0.2, 0) is 4.79 Å². The van der Waals surface area contributed by atoms with E-state index in [0.717, 1.165) is 18.8 Å². The van der Waals surface area contributed by atoms with Gasteiger partial charge in [0.05, 0.1) is 18.8 Å². The fourth-order valence-corrected chi connectivity index (χ4v) is 4.01. The molecule has 1 aromatic carbocycles. The van der Waals surface area contributed by atoms with Gasteiger partial charge in [-0.2, -0.15) is 5.10 Å². The summed E-state index contributed by atoms with van der Waals surface area (Å²) < 4.78 is 15.0. The lowest BCUT2D eigenvalue weighted by Crippen LogP contribution is -2.38. The second-order valence-electron chi connectivity index (χ2n) is 8.22. The summed E-state index contributed by atoms with van der Waals surface area (Å²) in [5, 5.41) is 7.37. The van der Waals surface area contributed by atoms with E-state index in [0.29, 0.717) is 37.2 Å². The SMILES string of the molecule is CC(C1CC1)n1nccc1NC(=O)CN1CCCN(C(=O)c2ccc(F)cc2)CC1. The highest BCUT2D eigenvalue weighted by Crippen LogP contribution is 2.40. The number of nitrogens with one attached hydrogen (secondary N) is 1. The molecule has 1 N–H and O–H groups in total. The summed E-state index contributed by atoms with van der Waals surface area (Å²) in [6.07, 6.45) is 4.95. The van der Waals surface area contributed by atoms with Crippen LogP contribution in [0, 0.1) is 11.7 Å². The van der Waals surface area contributed by atoms with Gasteiger partial charge in [0.15, 0.2) is 0 Å². The van der Waals surface area contributed by atoms with Crippen molar-refractivity contribution < 1.29 is 14.0 Å². The quantitative estimate of drug-likeness (QED) is 0.791. The first-order valence-electron chi connectivity index (χ1n) is 10.6. The zero-order valence-electron chi connectivity index (χ0n) is 17.3. The van der Waals surface area contributed by atoms with Crippen LogP contribution >= 0.6 is 0 Å². The monoisotopic (exact) mass is 413 g/mol. The number of carbonyl (C=O) groups excluding carboxylic acids is 2. The largest absolute Gasteiger partial charge is 0.337 e. The Morgan fingerprint density at radius 1 is 1.13 bits per heavy atom. The molecule has 2 heterocycles. The maximum absolute atomic E-state index is 13.1. The van der Waals surface area contributed by atoms with Gasteiger partial charge < -0.3 is 10.2 Å². The average Bonchev–Trinajstić information content (AvgIpc) is 3.52. The molecule has 4 rings (SSSR count). The van der Waals surface area contributed by atoms with Gasteiger partial charge in [-0.1, -0.05) is 0 Å². The molecule has 1 aromatic heterocycles. The number of amides is 2. The van der Waals surface area contributed by atoms with Crippen LogP contribution in [-0.4, -0.2) is 64.1 Å². The molecule has 7 nitrogen and oxygen atoms in total. The lowest BCUT2D eigenvalue weighted by atomic mass is 10.2. The molecule has 0 spiro atoms. The molecule has 2 aliphatic rings. The predicted molar refractivity (Wildman–Crippen MR) is 112 cm³/mol. The molecule has 2 fully saturated rings. The van der Waals surface area contributed by atoms with Crippen LogP contribution in [0.25, 0.3) is 0 Å². The molecule has 1 atom stereocenters. The number of rotatable bonds is 6. The molecule has 1 aliphatic carbocycles. The topological polar surface area (TPSA) is 70.5 Å². The molecule has 0 radical (unpaired) electrons. The van der Waals surface area contributed by atoms with E-state index in [1.54, 1.807) is 11.1 Å². The molecule has 2 amide bonds. The minimum atomic E-state index is -0.354. The Balaban J connectivity index is 1.30. The van der Waals surface area contributed by atoms with E-state index in [-0.39, 0.29) is 24.2 Å². The molecule has 160 valence electrons. The van der Waals surface area contributed by atoms with E-state index in [1.165, 1.54) is 37.1 Å². The van der Waals surface area contributed by atoms with E-state index in [2.05, 4.69) is 22.2 Å². The van der Waals surface area contributed by atoms with Crippen molar-refractivity contribution in [3.63, 3.8) is 0 Å². The Hall–Kier alpha value is -2.74. The maximum Gasteiger partial charge on any atom is 0.253 e. The van der Waals surface area contributed by atoms with Gasteiger partial charge in [-0.3, -0.25) is 14.5 Å². The van der Waals surface area contributed by atoms with E-state index < -0.39 is 0 Å². The average molecular weight is 413 g/mol. The molecule has 2 aromatic rings. The molecule has 8 heteroatoms. The molecular formula is C22H28FN5O2. The van der Waals surface area contributed by atoms with Crippen molar-refractivity contribution in [2.45, 2.75) is 32.2 Å². The van der Waals surface area contributed by atoms with Crippen LogP contribution in [0.3, 0.4) is 0 Å². The van der Waals surface area contributed by atoms with Crippen molar-refractivity contribution >= 4 is 17.6 Å². The summed E-state index contributed by atoms with van der Waals surface area (Å²) in [7, 11) is 0. The molecule has 1 aliphatic heterocycles. The third-order valence-electron chi connectivity index (χ3n) is 5.96. The summed E-state index contributed by atoms with van der Waals surface area (Å²) in [5.41, 5.74) is 0.487.